The minimum absolute atomic E-state index is 0.586. The maximum absolute atomic E-state index is 6.07. The molecular formula is C36H22N4O. The molecule has 0 aliphatic heterocycles. The standard InChI is InChI=1S/C36H22N4O/c1-2-8-23(9-3-1)25-15-18-26(19-16-25)33-38-34(28-20-17-24-10-4-5-11-27(24)22-28)40-35(39-33)29-12-6-14-31-32(29)30-13-7-21-37-36(30)41-31/h1-22H. The average molecular weight is 527 g/mol. The zero-order chi connectivity index (χ0) is 27.2. The fourth-order valence-electron chi connectivity index (χ4n) is 5.37. The first-order valence-corrected chi connectivity index (χ1v) is 13.5. The molecule has 0 aliphatic rings. The molecule has 3 heterocycles. The van der Waals surface area contributed by atoms with Crippen LogP contribution in [0.5, 0.6) is 0 Å². The van der Waals surface area contributed by atoms with E-state index in [0.717, 1.165) is 44.0 Å². The first-order chi connectivity index (χ1) is 20.3. The number of aromatic nitrogens is 4. The molecule has 8 aromatic rings. The summed E-state index contributed by atoms with van der Waals surface area (Å²) in [5.41, 5.74) is 6.37. The van der Waals surface area contributed by atoms with E-state index in [4.69, 9.17) is 19.4 Å². The number of benzene rings is 5. The van der Waals surface area contributed by atoms with Crippen LogP contribution in [0.4, 0.5) is 0 Å². The van der Waals surface area contributed by atoms with Gasteiger partial charge in [-0.25, -0.2) is 19.9 Å². The summed E-state index contributed by atoms with van der Waals surface area (Å²) in [4.78, 5) is 19.4. The van der Waals surface area contributed by atoms with Gasteiger partial charge in [-0.3, -0.25) is 0 Å². The summed E-state index contributed by atoms with van der Waals surface area (Å²) in [6, 6.07) is 43.2. The van der Waals surface area contributed by atoms with Crippen LogP contribution in [-0.2, 0) is 0 Å². The molecule has 192 valence electrons. The Bertz CT molecular complexity index is 2200. The van der Waals surface area contributed by atoms with Crippen molar-refractivity contribution in [3.05, 3.63) is 134 Å². The monoisotopic (exact) mass is 526 g/mol. The fraction of sp³-hybridized carbons (Fsp3) is 0. The zero-order valence-corrected chi connectivity index (χ0v) is 21.9. The summed E-state index contributed by atoms with van der Waals surface area (Å²) >= 11 is 0. The number of rotatable bonds is 4. The van der Waals surface area contributed by atoms with Crippen molar-refractivity contribution in [1.29, 1.82) is 0 Å². The molecule has 41 heavy (non-hydrogen) atoms. The number of hydrogen-bond acceptors (Lipinski definition) is 5. The van der Waals surface area contributed by atoms with Crippen molar-refractivity contribution in [3.8, 4) is 45.3 Å². The molecule has 0 fully saturated rings. The highest BCUT2D eigenvalue weighted by molar-refractivity contribution is 6.10. The molecule has 0 aliphatic carbocycles. The van der Waals surface area contributed by atoms with Gasteiger partial charge in [-0.05, 0) is 46.2 Å². The van der Waals surface area contributed by atoms with Gasteiger partial charge in [0, 0.05) is 33.7 Å². The lowest BCUT2D eigenvalue weighted by Crippen LogP contribution is -2.00. The number of nitrogens with zero attached hydrogens (tertiary/aromatic N) is 4. The second-order valence-corrected chi connectivity index (χ2v) is 9.95. The summed E-state index contributed by atoms with van der Waals surface area (Å²) in [6.07, 6.45) is 1.74. The van der Waals surface area contributed by atoms with E-state index in [1.54, 1.807) is 6.20 Å². The fourth-order valence-corrected chi connectivity index (χ4v) is 5.37. The minimum atomic E-state index is 0.586. The van der Waals surface area contributed by atoms with Crippen molar-refractivity contribution in [2.75, 3.05) is 0 Å². The van der Waals surface area contributed by atoms with Crippen molar-refractivity contribution < 1.29 is 4.42 Å². The molecule has 0 N–H and O–H groups in total. The van der Waals surface area contributed by atoms with E-state index in [9.17, 15) is 0 Å². The Morgan fingerprint density at radius 1 is 0.463 bits per heavy atom. The van der Waals surface area contributed by atoms with Crippen LogP contribution in [0, 0.1) is 0 Å². The average Bonchev–Trinajstić information content (AvgIpc) is 3.44. The molecule has 0 unspecified atom stereocenters. The Labute approximate surface area is 235 Å². The molecule has 5 aromatic carbocycles. The van der Waals surface area contributed by atoms with Crippen molar-refractivity contribution in [1.82, 2.24) is 19.9 Å². The number of furan rings is 1. The van der Waals surface area contributed by atoms with Crippen LogP contribution in [0.3, 0.4) is 0 Å². The van der Waals surface area contributed by atoms with Crippen LogP contribution in [-0.4, -0.2) is 19.9 Å². The normalized spacial score (nSPS) is 11.4. The largest absolute Gasteiger partial charge is 0.438 e. The van der Waals surface area contributed by atoms with E-state index in [2.05, 4.69) is 71.7 Å². The predicted molar refractivity (Wildman–Crippen MR) is 164 cm³/mol. The summed E-state index contributed by atoms with van der Waals surface area (Å²) in [5.74, 6) is 1.81. The Morgan fingerprint density at radius 3 is 2.00 bits per heavy atom. The van der Waals surface area contributed by atoms with Crippen molar-refractivity contribution >= 4 is 32.8 Å². The summed E-state index contributed by atoms with van der Waals surface area (Å²) in [5, 5.41) is 4.18. The van der Waals surface area contributed by atoms with Crippen molar-refractivity contribution in [2.45, 2.75) is 0 Å². The lowest BCUT2D eigenvalue weighted by molar-refractivity contribution is 0.654. The SMILES string of the molecule is c1ccc(-c2ccc(-c3nc(-c4ccc5ccccc5c4)nc(-c4cccc5oc6ncccc6c45)n3)cc2)cc1. The van der Waals surface area contributed by atoms with Crippen LogP contribution in [0.2, 0.25) is 0 Å². The third-order valence-electron chi connectivity index (χ3n) is 7.41. The summed E-state index contributed by atoms with van der Waals surface area (Å²) < 4.78 is 6.07. The minimum Gasteiger partial charge on any atom is -0.438 e. The number of fused-ring (bicyclic) bond motifs is 4. The van der Waals surface area contributed by atoms with Gasteiger partial charge in [-0.2, -0.15) is 0 Å². The second kappa shape index (κ2) is 9.50. The van der Waals surface area contributed by atoms with Gasteiger partial charge in [0.2, 0.25) is 5.71 Å². The maximum Gasteiger partial charge on any atom is 0.227 e. The molecule has 0 spiro atoms. The van der Waals surface area contributed by atoms with E-state index < -0.39 is 0 Å². The molecule has 8 rings (SSSR count). The lowest BCUT2D eigenvalue weighted by atomic mass is 10.0. The third-order valence-corrected chi connectivity index (χ3v) is 7.41. The molecule has 3 aromatic heterocycles. The molecule has 0 radical (unpaired) electrons. The Kier molecular flexibility index (Phi) is 5.38. The first kappa shape index (κ1) is 23.2. The van der Waals surface area contributed by atoms with Gasteiger partial charge in [0.15, 0.2) is 17.5 Å². The second-order valence-electron chi connectivity index (χ2n) is 9.95. The topological polar surface area (TPSA) is 64.7 Å². The van der Waals surface area contributed by atoms with E-state index in [0.29, 0.717) is 23.2 Å². The molecular weight excluding hydrogens is 504 g/mol. The molecule has 0 saturated carbocycles. The van der Waals surface area contributed by atoms with E-state index in [-0.39, 0.29) is 0 Å². The Balaban J connectivity index is 1.34. The van der Waals surface area contributed by atoms with Gasteiger partial charge >= 0.3 is 0 Å². The van der Waals surface area contributed by atoms with E-state index in [1.807, 2.05) is 60.7 Å². The van der Waals surface area contributed by atoms with Gasteiger partial charge in [-0.15, -0.1) is 0 Å². The smallest absolute Gasteiger partial charge is 0.227 e. The van der Waals surface area contributed by atoms with E-state index >= 15 is 0 Å². The first-order valence-electron chi connectivity index (χ1n) is 13.5. The van der Waals surface area contributed by atoms with Crippen LogP contribution in [0.1, 0.15) is 0 Å². The van der Waals surface area contributed by atoms with E-state index in [1.165, 1.54) is 10.9 Å². The molecule has 0 saturated heterocycles. The van der Waals surface area contributed by atoms with Gasteiger partial charge in [-0.1, -0.05) is 103 Å². The zero-order valence-electron chi connectivity index (χ0n) is 21.9. The van der Waals surface area contributed by atoms with Crippen molar-refractivity contribution in [3.63, 3.8) is 0 Å². The molecule has 5 heteroatoms. The van der Waals surface area contributed by atoms with Gasteiger partial charge < -0.3 is 4.42 Å². The molecule has 0 bridgehead atoms. The van der Waals surface area contributed by atoms with Crippen molar-refractivity contribution in [2.24, 2.45) is 0 Å². The quantitative estimate of drug-likeness (QED) is 0.229. The van der Waals surface area contributed by atoms with Crippen LogP contribution in [0.25, 0.3) is 78.1 Å². The van der Waals surface area contributed by atoms with Crippen LogP contribution < -0.4 is 0 Å². The highest BCUT2D eigenvalue weighted by Crippen LogP contribution is 2.36. The molecule has 5 nitrogen and oxygen atoms in total. The highest BCUT2D eigenvalue weighted by Gasteiger charge is 2.18. The molecule has 0 atom stereocenters. The number of pyridine rings is 1. The van der Waals surface area contributed by atoms with Crippen LogP contribution in [0.15, 0.2) is 138 Å². The summed E-state index contributed by atoms with van der Waals surface area (Å²) in [7, 11) is 0. The number of hydrogen-bond donors (Lipinski definition) is 0. The van der Waals surface area contributed by atoms with Gasteiger partial charge in [0.1, 0.15) is 5.58 Å². The third kappa shape index (κ3) is 4.12. The molecule has 0 amide bonds. The Morgan fingerprint density at radius 2 is 1.15 bits per heavy atom. The highest BCUT2D eigenvalue weighted by atomic mass is 16.3. The Hall–Kier alpha value is -5.68. The van der Waals surface area contributed by atoms with Gasteiger partial charge in [0.05, 0.1) is 0 Å². The maximum atomic E-state index is 6.07. The van der Waals surface area contributed by atoms with Gasteiger partial charge in [0.25, 0.3) is 0 Å². The predicted octanol–water partition coefficient (Wildman–Crippen LogP) is 8.99. The van der Waals surface area contributed by atoms with Crippen LogP contribution >= 0.6 is 0 Å². The summed E-state index contributed by atoms with van der Waals surface area (Å²) in [6.45, 7) is 0. The lowest BCUT2D eigenvalue weighted by Gasteiger charge is -2.10.